The maximum atomic E-state index is 10.5. The monoisotopic (exact) mass is 203 g/mol. The molecular weight excluding hydrogens is 198 g/mol. The SMILES string of the molecule is N#CCn1nnc2ccc([N+](=O)[O-])cc21. The molecule has 15 heavy (non-hydrogen) atoms. The summed E-state index contributed by atoms with van der Waals surface area (Å²) in [5.74, 6) is 0. The number of nitriles is 1. The number of fused-ring (bicyclic) bond motifs is 1. The standard InChI is InChI=1S/C8H5N5O2/c9-3-4-12-8-5-6(13(14)15)1-2-7(8)10-11-12/h1-2,5H,4H2. The first-order valence-electron chi connectivity index (χ1n) is 4.07. The van der Waals surface area contributed by atoms with Gasteiger partial charge in [0.2, 0.25) is 0 Å². The molecule has 0 radical (unpaired) electrons. The molecule has 2 rings (SSSR count). The van der Waals surface area contributed by atoms with E-state index in [1.165, 1.54) is 22.9 Å². The number of nitro groups is 1. The lowest BCUT2D eigenvalue weighted by molar-refractivity contribution is -0.384. The molecule has 0 amide bonds. The number of hydrogen-bond donors (Lipinski definition) is 0. The third kappa shape index (κ3) is 1.48. The lowest BCUT2D eigenvalue weighted by atomic mass is 10.3. The van der Waals surface area contributed by atoms with E-state index in [-0.39, 0.29) is 12.2 Å². The molecule has 0 aliphatic rings. The van der Waals surface area contributed by atoms with Crippen LogP contribution >= 0.6 is 0 Å². The van der Waals surface area contributed by atoms with Crippen LogP contribution < -0.4 is 0 Å². The van der Waals surface area contributed by atoms with Gasteiger partial charge < -0.3 is 0 Å². The Morgan fingerprint density at radius 1 is 1.60 bits per heavy atom. The summed E-state index contributed by atoms with van der Waals surface area (Å²) >= 11 is 0. The molecule has 0 saturated heterocycles. The molecule has 0 saturated carbocycles. The summed E-state index contributed by atoms with van der Waals surface area (Å²) < 4.78 is 1.32. The van der Waals surface area contributed by atoms with Gasteiger partial charge in [-0.05, 0) is 6.07 Å². The van der Waals surface area contributed by atoms with Gasteiger partial charge in [0.15, 0.2) is 0 Å². The molecule has 0 aliphatic heterocycles. The summed E-state index contributed by atoms with van der Waals surface area (Å²) in [5, 5.41) is 26.5. The minimum absolute atomic E-state index is 0.0255. The Kier molecular flexibility index (Phi) is 2.02. The molecule has 1 heterocycles. The van der Waals surface area contributed by atoms with Gasteiger partial charge in [0, 0.05) is 12.1 Å². The third-order valence-electron chi connectivity index (χ3n) is 1.93. The van der Waals surface area contributed by atoms with Crippen molar-refractivity contribution in [3.05, 3.63) is 28.3 Å². The van der Waals surface area contributed by atoms with Crippen molar-refractivity contribution in [2.24, 2.45) is 0 Å². The van der Waals surface area contributed by atoms with Gasteiger partial charge >= 0.3 is 0 Å². The van der Waals surface area contributed by atoms with Crippen LogP contribution in [0.4, 0.5) is 5.69 Å². The van der Waals surface area contributed by atoms with Crippen LogP contribution in [0.15, 0.2) is 18.2 Å². The molecule has 7 nitrogen and oxygen atoms in total. The Balaban J connectivity index is 2.62. The Morgan fingerprint density at radius 2 is 2.40 bits per heavy atom. The fourth-order valence-corrected chi connectivity index (χ4v) is 1.25. The van der Waals surface area contributed by atoms with Crippen LogP contribution in [0.3, 0.4) is 0 Å². The topological polar surface area (TPSA) is 97.6 Å². The smallest absolute Gasteiger partial charge is 0.258 e. The minimum Gasteiger partial charge on any atom is -0.258 e. The normalized spacial score (nSPS) is 10.1. The van der Waals surface area contributed by atoms with E-state index in [1.807, 2.05) is 6.07 Å². The molecule has 74 valence electrons. The molecule has 0 atom stereocenters. The Labute approximate surface area is 83.7 Å². The highest BCUT2D eigenvalue weighted by atomic mass is 16.6. The lowest BCUT2D eigenvalue weighted by Crippen LogP contribution is -1.98. The van der Waals surface area contributed by atoms with Crippen LogP contribution in [0.5, 0.6) is 0 Å². The van der Waals surface area contributed by atoms with Crippen LogP contribution in [0.2, 0.25) is 0 Å². The fraction of sp³-hybridized carbons (Fsp3) is 0.125. The molecule has 0 unspecified atom stereocenters. The second-order valence-corrected chi connectivity index (χ2v) is 2.84. The zero-order valence-electron chi connectivity index (χ0n) is 7.49. The first-order chi connectivity index (χ1) is 7.22. The summed E-state index contributed by atoms with van der Waals surface area (Å²) in [5.41, 5.74) is 0.991. The molecule has 1 aromatic carbocycles. The van der Waals surface area contributed by atoms with E-state index in [9.17, 15) is 10.1 Å². The Bertz CT molecular complexity index is 568. The van der Waals surface area contributed by atoms with Gasteiger partial charge in [-0.3, -0.25) is 10.1 Å². The van der Waals surface area contributed by atoms with Gasteiger partial charge in [-0.2, -0.15) is 5.26 Å². The highest BCUT2D eigenvalue weighted by Crippen LogP contribution is 2.18. The molecule has 0 spiro atoms. The highest BCUT2D eigenvalue weighted by Gasteiger charge is 2.10. The van der Waals surface area contributed by atoms with Crippen LogP contribution in [-0.4, -0.2) is 19.9 Å². The van der Waals surface area contributed by atoms with Gasteiger partial charge in [0.1, 0.15) is 12.1 Å². The summed E-state index contributed by atoms with van der Waals surface area (Å²) in [7, 11) is 0. The van der Waals surface area contributed by atoms with Crippen LogP contribution in [0.1, 0.15) is 0 Å². The largest absolute Gasteiger partial charge is 0.271 e. The predicted molar refractivity (Wildman–Crippen MR) is 49.8 cm³/mol. The second-order valence-electron chi connectivity index (χ2n) is 2.84. The van der Waals surface area contributed by atoms with Crippen molar-refractivity contribution in [3.63, 3.8) is 0 Å². The average molecular weight is 203 g/mol. The molecule has 0 bridgehead atoms. The van der Waals surface area contributed by atoms with E-state index in [0.29, 0.717) is 11.0 Å². The highest BCUT2D eigenvalue weighted by molar-refractivity contribution is 5.77. The summed E-state index contributed by atoms with van der Waals surface area (Å²) in [6.07, 6.45) is 0. The number of nitrogens with zero attached hydrogens (tertiary/aromatic N) is 5. The summed E-state index contributed by atoms with van der Waals surface area (Å²) in [6, 6.07) is 6.12. The fourth-order valence-electron chi connectivity index (χ4n) is 1.25. The van der Waals surface area contributed by atoms with Crippen molar-refractivity contribution in [2.75, 3.05) is 0 Å². The summed E-state index contributed by atoms with van der Waals surface area (Å²) in [6.45, 7) is 0.0255. The van der Waals surface area contributed by atoms with Crippen molar-refractivity contribution in [1.82, 2.24) is 15.0 Å². The van der Waals surface area contributed by atoms with E-state index in [2.05, 4.69) is 10.3 Å². The number of non-ortho nitro benzene ring substituents is 1. The predicted octanol–water partition coefficient (Wildman–Crippen LogP) is 0.863. The van der Waals surface area contributed by atoms with Crippen LogP contribution in [-0.2, 0) is 6.54 Å². The first kappa shape index (κ1) is 9.08. The van der Waals surface area contributed by atoms with E-state index >= 15 is 0 Å². The Hall–Kier alpha value is -2.49. The van der Waals surface area contributed by atoms with Crippen LogP contribution in [0.25, 0.3) is 11.0 Å². The number of aromatic nitrogens is 3. The second kappa shape index (κ2) is 3.34. The number of nitro benzene ring substituents is 1. The molecule has 2 aromatic rings. The van der Waals surface area contributed by atoms with Gasteiger partial charge in [-0.15, -0.1) is 5.10 Å². The van der Waals surface area contributed by atoms with E-state index in [0.717, 1.165) is 0 Å². The third-order valence-corrected chi connectivity index (χ3v) is 1.93. The molecular formula is C8H5N5O2. The van der Waals surface area contributed by atoms with E-state index in [4.69, 9.17) is 5.26 Å². The zero-order valence-corrected chi connectivity index (χ0v) is 7.49. The molecule has 0 fully saturated rings. The Morgan fingerprint density at radius 3 is 3.07 bits per heavy atom. The van der Waals surface area contributed by atoms with E-state index < -0.39 is 4.92 Å². The lowest BCUT2D eigenvalue weighted by Gasteiger charge is -1.94. The van der Waals surface area contributed by atoms with Crippen molar-refractivity contribution in [2.45, 2.75) is 6.54 Å². The average Bonchev–Trinajstić information content (AvgIpc) is 2.61. The van der Waals surface area contributed by atoms with Gasteiger partial charge in [-0.1, -0.05) is 5.21 Å². The van der Waals surface area contributed by atoms with Gasteiger partial charge in [-0.25, -0.2) is 4.68 Å². The molecule has 1 aromatic heterocycles. The number of rotatable bonds is 2. The summed E-state index contributed by atoms with van der Waals surface area (Å²) in [4.78, 5) is 10.0. The van der Waals surface area contributed by atoms with Gasteiger partial charge in [0.05, 0.1) is 16.5 Å². The van der Waals surface area contributed by atoms with Crippen molar-refractivity contribution in [3.8, 4) is 6.07 Å². The van der Waals surface area contributed by atoms with Crippen molar-refractivity contribution >= 4 is 16.7 Å². The molecule has 7 heteroatoms. The first-order valence-corrected chi connectivity index (χ1v) is 4.07. The van der Waals surface area contributed by atoms with E-state index in [1.54, 1.807) is 0 Å². The van der Waals surface area contributed by atoms with Crippen LogP contribution in [0, 0.1) is 21.4 Å². The molecule has 0 aliphatic carbocycles. The minimum atomic E-state index is -0.497. The van der Waals surface area contributed by atoms with Crippen molar-refractivity contribution in [1.29, 1.82) is 5.26 Å². The quantitative estimate of drug-likeness (QED) is 0.532. The van der Waals surface area contributed by atoms with Crippen molar-refractivity contribution < 1.29 is 4.92 Å². The maximum Gasteiger partial charge on any atom is 0.271 e. The number of hydrogen-bond acceptors (Lipinski definition) is 5. The number of benzene rings is 1. The van der Waals surface area contributed by atoms with Gasteiger partial charge in [0.25, 0.3) is 5.69 Å². The molecule has 0 N–H and O–H groups in total. The zero-order chi connectivity index (χ0) is 10.8. The maximum absolute atomic E-state index is 10.5.